The molecule has 3 heterocycles. The van der Waals surface area contributed by atoms with Crippen LogP contribution in [-0.2, 0) is 10.2 Å². The molecule has 0 unspecified atom stereocenters. The summed E-state index contributed by atoms with van der Waals surface area (Å²) in [7, 11) is 0. The van der Waals surface area contributed by atoms with Crippen molar-refractivity contribution in [1.29, 1.82) is 0 Å². The van der Waals surface area contributed by atoms with Crippen LogP contribution >= 0.6 is 0 Å². The van der Waals surface area contributed by atoms with Crippen LogP contribution in [0.25, 0.3) is 5.69 Å². The zero-order valence-corrected chi connectivity index (χ0v) is 13.0. The molecule has 1 aliphatic carbocycles. The number of hydrogen-bond donors (Lipinski definition) is 1. The number of hydrogen-bond acceptors (Lipinski definition) is 4. The molecule has 126 valence electrons. The molecule has 1 N–H and O–H groups in total. The summed E-state index contributed by atoms with van der Waals surface area (Å²) in [5.74, 6) is -1.04. The standard InChI is InChI=1S/C17H13F2N5O/c18-11-8-12(10-20-9-11)24-7-3-14(23-24)22-16(25)17(4-5-17)15-13(19)2-1-6-21-15/h1-3,6-10H,4-5H2,(H,22,23,25). The van der Waals surface area contributed by atoms with E-state index in [-0.39, 0.29) is 17.4 Å². The van der Waals surface area contributed by atoms with Crippen LogP contribution in [0.4, 0.5) is 14.6 Å². The minimum Gasteiger partial charge on any atom is -0.308 e. The van der Waals surface area contributed by atoms with Crippen molar-refractivity contribution in [3.8, 4) is 5.69 Å². The Labute approximate surface area is 141 Å². The van der Waals surface area contributed by atoms with Gasteiger partial charge in [0.05, 0.1) is 29.2 Å². The van der Waals surface area contributed by atoms with Gasteiger partial charge in [0.25, 0.3) is 0 Å². The van der Waals surface area contributed by atoms with E-state index < -0.39 is 17.0 Å². The summed E-state index contributed by atoms with van der Waals surface area (Å²) >= 11 is 0. The van der Waals surface area contributed by atoms with Crippen molar-refractivity contribution in [2.24, 2.45) is 0 Å². The van der Waals surface area contributed by atoms with Gasteiger partial charge in [-0.15, -0.1) is 0 Å². The van der Waals surface area contributed by atoms with Crippen LogP contribution in [0.2, 0.25) is 0 Å². The van der Waals surface area contributed by atoms with Crippen molar-refractivity contribution in [3.63, 3.8) is 0 Å². The molecule has 0 spiro atoms. The van der Waals surface area contributed by atoms with Crippen molar-refractivity contribution in [2.45, 2.75) is 18.3 Å². The van der Waals surface area contributed by atoms with Crippen LogP contribution < -0.4 is 5.32 Å². The molecule has 8 heteroatoms. The van der Waals surface area contributed by atoms with E-state index in [0.717, 1.165) is 6.20 Å². The van der Waals surface area contributed by atoms with Crippen molar-refractivity contribution >= 4 is 11.7 Å². The van der Waals surface area contributed by atoms with E-state index in [9.17, 15) is 13.6 Å². The molecule has 0 aromatic carbocycles. The van der Waals surface area contributed by atoms with Crippen LogP contribution in [0.15, 0.2) is 49.1 Å². The smallest absolute Gasteiger partial charge is 0.237 e. The Balaban J connectivity index is 1.55. The normalized spacial score (nSPS) is 15.0. The molecule has 1 fully saturated rings. The van der Waals surface area contributed by atoms with Crippen LogP contribution in [0.3, 0.4) is 0 Å². The number of rotatable bonds is 4. The van der Waals surface area contributed by atoms with Gasteiger partial charge in [-0.2, -0.15) is 5.10 Å². The number of carbonyl (C=O) groups is 1. The summed E-state index contributed by atoms with van der Waals surface area (Å²) in [4.78, 5) is 20.4. The zero-order chi connectivity index (χ0) is 17.4. The van der Waals surface area contributed by atoms with Gasteiger partial charge in [0.1, 0.15) is 11.6 Å². The number of amides is 1. The Morgan fingerprint density at radius 3 is 2.80 bits per heavy atom. The number of halogens is 2. The summed E-state index contributed by atoms with van der Waals surface area (Å²) < 4.78 is 28.6. The predicted molar refractivity (Wildman–Crippen MR) is 85.1 cm³/mol. The molecule has 6 nitrogen and oxygen atoms in total. The molecule has 4 rings (SSSR count). The van der Waals surface area contributed by atoms with E-state index in [1.165, 1.54) is 35.3 Å². The van der Waals surface area contributed by atoms with Crippen LogP contribution in [0, 0.1) is 11.6 Å². The first kappa shape index (κ1) is 15.4. The monoisotopic (exact) mass is 341 g/mol. The Hall–Kier alpha value is -3.16. The lowest BCUT2D eigenvalue weighted by Crippen LogP contribution is -2.29. The second-order valence-electron chi connectivity index (χ2n) is 5.88. The molecule has 25 heavy (non-hydrogen) atoms. The summed E-state index contributed by atoms with van der Waals surface area (Å²) in [6, 6.07) is 5.63. The first-order valence-corrected chi connectivity index (χ1v) is 7.67. The van der Waals surface area contributed by atoms with Gasteiger partial charge in [0, 0.05) is 24.5 Å². The van der Waals surface area contributed by atoms with Crippen molar-refractivity contribution < 1.29 is 13.6 Å². The van der Waals surface area contributed by atoms with E-state index in [0.29, 0.717) is 18.5 Å². The minimum atomic E-state index is -0.949. The highest BCUT2D eigenvalue weighted by Gasteiger charge is 2.54. The molecule has 0 atom stereocenters. The number of pyridine rings is 2. The largest absolute Gasteiger partial charge is 0.308 e. The molecule has 3 aromatic heterocycles. The average molecular weight is 341 g/mol. The number of aromatic nitrogens is 4. The van der Waals surface area contributed by atoms with Gasteiger partial charge in [0.2, 0.25) is 5.91 Å². The molecule has 1 amide bonds. The quantitative estimate of drug-likeness (QED) is 0.792. The SMILES string of the molecule is O=C(Nc1ccn(-c2cncc(F)c2)n1)C1(c2ncccc2F)CC1. The topological polar surface area (TPSA) is 72.7 Å². The molecule has 1 aliphatic rings. The van der Waals surface area contributed by atoms with Gasteiger partial charge in [-0.25, -0.2) is 13.5 Å². The summed E-state index contributed by atoms with van der Waals surface area (Å²) in [5, 5.41) is 6.87. The molecule has 0 aliphatic heterocycles. The Morgan fingerprint density at radius 1 is 1.24 bits per heavy atom. The molecule has 1 saturated carbocycles. The first-order chi connectivity index (χ1) is 12.1. The molecule has 0 radical (unpaired) electrons. The third-order valence-electron chi connectivity index (χ3n) is 4.18. The lowest BCUT2D eigenvalue weighted by atomic mass is 10.00. The maximum absolute atomic E-state index is 14.0. The van der Waals surface area contributed by atoms with E-state index >= 15 is 0 Å². The molecule has 0 bridgehead atoms. The number of nitrogens with zero attached hydrogens (tertiary/aromatic N) is 4. The Kier molecular flexibility index (Phi) is 3.52. The second kappa shape index (κ2) is 5.73. The van der Waals surface area contributed by atoms with E-state index in [2.05, 4.69) is 20.4 Å². The highest BCUT2D eigenvalue weighted by molar-refractivity contribution is 6.00. The van der Waals surface area contributed by atoms with Crippen molar-refractivity contribution in [1.82, 2.24) is 19.7 Å². The van der Waals surface area contributed by atoms with E-state index in [1.54, 1.807) is 12.3 Å². The first-order valence-electron chi connectivity index (χ1n) is 7.67. The number of nitrogens with one attached hydrogen (secondary N) is 1. The third-order valence-corrected chi connectivity index (χ3v) is 4.18. The van der Waals surface area contributed by atoms with Crippen LogP contribution in [0.1, 0.15) is 18.5 Å². The number of carbonyl (C=O) groups excluding carboxylic acids is 1. The molecule has 3 aromatic rings. The summed E-state index contributed by atoms with van der Waals surface area (Å²) in [6.45, 7) is 0. The molecule has 0 saturated heterocycles. The fraction of sp³-hybridized carbons (Fsp3) is 0.176. The van der Waals surface area contributed by atoms with Gasteiger partial charge >= 0.3 is 0 Å². The molecular formula is C17H13F2N5O. The van der Waals surface area contributed by atoms with Crippen LogP contribution in [0.5, 0.6) is 0 Å². The van der Waals surface area contributed by atoms with Crippen molar-refractivity contribution in [2.75, 3.05) is 5.32 Å². The van der Waals surface area contributed by atoms with Gasteiger partial charge in [-0.1, -0.05) is 0 Å². The van der Waals surface area contributed by atoms with Gasteiger partial charge in [-0.3, -0.25) is 14.8 Å². The summed E-state index contributed by atoms with van der Waals surface area (Å²) in [5.41, 5.74) is -0.367. The van der Waals surface area contributed by atoms with Gasteiger partial charge in [-0.05, 0) is 25.0 Å². The Bertz CT molecular complexity index is 951. The van der Waals surface area contributed by atoms with Gasteiger partial charge in [0.15, 0.2) is 5.82 Å². The maximum Gasteiger partial charge on any atom is 0.237 e. The maximum atomic E-state index is 14.0. The fourth-order valence-electron chi connectivity index (χ4n) is 2.73. The lowest BCUT2D eigenvalue weighted by Gasteiger charge is -2.14. The average Bonchev–Trinajstić information content (AvgIpc) is 3.28. The lowest BCUT2D eigenvalue weighted by molar-refractivity contribution is -0.118. The van der Waals surface area contributed by atoms with Crippen LogP contribution in [-0.4, -0.2) is 25.7 Å². The third kappa shape index (κ3) is 2.75. The zero-order valence-electron chi connectivity index (χ0n) is 13.0. The number of anilines is 1. The highest BCUT2D eigenvalue weighted by atomic mass is 19.1. The fourth-order valence-corrected chi connectivity index (χ4v) is 2.73. The summed E-state index contributed by atoms with van der Waals surface area (Å²) in [6.07, 6.45) is 6.65. The second-order valence-corrected chi connectivity index (χ2v) is 5.88. The predicted octanol–water partition coefficient (Wildman–Crippen LogP) is 2.61. The molecular weight excluding hydrogens is 328 g/mol. The van der Waals surface area contributed by atoms with Crippen molar-refractivity contribution in [3.05, 3.63) is 66.4 Å². The highest BCUT2D eigenvalue weighted by Crippen LogP contribution is 2.48. The minimum absolute atomic E-state index is 0.154. The Morgan fingerprint density at radius 2 is 2.08 bits per heavy atom. The van der Waals surface area contributed by atoms with E-state index in [4.69, 9.17) is 0 Å². The van der Waals surface area contributed by atoms with Gasteiger partial charge < -0.3 is 5.32 Å². The van der Waals surface area contributed by atoms with E-state index in [1.807, 2.05) is 0 Å².